The van der Waals surface area contributed by atoms with Crippen LogP contribution in [-0.2, 0) is 14.7 Å². The Kier molecular flexibility index (Phi) is 12.0. The van der Waals surface area contributed by atoms with Crippen LogP contribution in [0.4, 0.5) is 0 Å². The second-order valence-electron chi connectivity index (χ2n) is 9.16. The summed E-state index contributed by atoms with van der Waals surface area (Å²) < 4.78 is 5.05. The van der Waals surface area contributed by atoms with Gasteiger partial charge in [-0.15, -0.1) is 9.24 Å². The van der Waals surface area contributed by atoms with E-state index >= 15 is 0 Å². The molecule has 1 aromatic carbocycles. The van der Waals surface area contributed by atoms with Crippen LogP contribution < -0.4 is 11.7 Å². The molecule has 1 fully saturated rings. The SMILES string of the molecule is C=C/C=C\C(=C/C)C1(/C(=N/N)N(N)CCC(=O)OCC)CCN(CCC(P)(C#N)c2ccccc2)CC1. The van der Waals surface area contributed by atoms with E-state index in [-0.39, 0.29) is 18.9 Å². The van der Waals surface area contributed by atoms with Crippen LogP contribution in [0.15, 0.2) is 71.9 Å². The number of ether oxygens (including phenoxy) is 1. The zero-order valence-corrected chi connectivity index (χ0v) is 23.3. The number of nitriles is 1. The zero-order chi connectivity index (χ0) is 27.3. The number of esters is 1. The molecule has 200 valence electrons. The summed E-state index contributed by atoms with van der Waals surface area (Å²) in [5.41, 5.74) is 1.53. The summed E-state index contributed by atoms with van der Waals surface area (Å²) in [5, 5.41) is 14.9. The molecular formula is C28H41N6O2P. The molecule has 1 aliphatic heterocycles. The number of benzene rings is 1. The van der Waals surface area contributed by atoms with E-state index in [0.29, 0.717) is 18.9 Å². The fourth-order valence-corrected chi connectivity index (χ4v) is 5.18. The maximum Gasteiger partial charge on any atom is 0.307 e. The van der Waals surface area contributed by atoms with E-state index in [9.17, 15) is 10.1 Å². The molecule has 4 N–H and O–H groups in total. The van der Waals surface area contributed by atoms with E-state index in [4.69, 9.17) is 16.4 Å². The van der Waals surface area contributed by atoms with Crippen LogP contribution in [-0.4, -0.2) is 54.5 Å². The first-order valence-electron chi connectivity index (χ1n) is 12.7. The highest BCUT2D eigenvalue weighted by Gasteiger charge is 2.44. The van der Waals surface area contributed by atoms with Crippen molar-refractivity contribution in [2.75, 3.05) is 32.8 Å². The Labute approximate surface area is 223 Å². The number of hydrogen-bond acceptors (Lipinski definition) is 7. The molecule has 1 aromatic rings. The molecule has 2 atom stereocenters. The molecule has 0 aromatic heterocycles. The van der Waals surface area contributed by atoms with Crippen LogP contribution in [0.25, 0.3) is 0 Å². The first kappa shape index (κ1) is 30.2. The third-order valence-corrected chi connectivity index (χ3v) is 7.73. The molecule has 37 heavy (non-hydrogen) atoms. The first-order chi connectivity index (χ1) is 17.8. The predicted molar refractivity (Wildman–Crippen MR) is 153 cm³/mol. The van der Waals surface area contributed by atoms with Gasteiger partial charge in [0.25, 0.3) is 0 Å². The van der Waals surface area contributed by atoms with Crippen molar-refractivity contribution in [2.45, 2.75) is 44.7 Å². The zero-order valence-electron chi connectivity index (χ0n) is 22.1. The number of likely N-dealkylation sites (tertiary alicyclic amines) is 1. The lowest BCUT2D eigenvalue weighted by Crippen LogP contribution is -2.54. The summed E-state index contributed by atoms with van der Waals surface area (Å²) in [7, 11) is 2.75. The molecule has 0 aliphatic carbocycles. The number of piperidine rings is 1. The third kappa shape index (κ3) is 7.75. The van der Waals surface area contributed by atoms with Crippen LogP contribution in [0.3, 0.4) is 0 Å². The van der Waals surface area contributed by atoms with Gasteiger partial charge in [0.2, 0.25) is 0 Å². The molecule has 0 saturated carbocycles. The van der Waals surface area contributed by atoms with Gasteiger partial charge in [-0.05, 0) is 57.3 Å². The molecule has 2 rings (SSSR count). The largest absolute Gasteiger partial charge is 0.466 e. The number of hydrazine groups is 1. The average Bonchev–Trinajstić information content (AvgIpc) is 2.92. The Morgan fingerprint density at radius 2 is 2.05 bits per heavy atom. The fraction of sp³-hybridized carbons (Fsp3) is 0.464. The van der Waals surface area contributed by atoms with Crippen molar-refractivity contribution < 1.29 is 9.53 Å². The number of carbonyl (C=O) groups excluding carboxylic acids is 1. The van der Waals surface area contributed by atoms with Crippen molar-refractivity contribution in [1.29, 1.82) is 5.26 Å². The van der Waals surface area contributed by atoms with E-state index < -0.39 is 10.6 Å². The number of nitrogens with zero attached hydrogens (tertiary/aromatic N) is 4. The monoisotopic (exact) mass is 524 g/mol. The van der Waals surface area contributed by atoms with Crippen LogP contribution in [0.1, 0.15) is 45.1 Å². The van der Waals surface area contributed by atoms with Crippen LogP contribution in [0.2, 0.25) is 0 Å². The van der Waals surface area contributed by atoms with E-state index in [0.717, 1.165) is 43.6 Å². The third-order valence-electron chi connectivity index (χ3n) is 6.98. The Hall–Kier alpha value is -2.98. The molecule has 0 radical (unpaired) electrons. The smallest absolute Gasteiger partial charge is 0.307 e. The van der Waals surface area contributed by atoms with E-state index in [1.54, 1.807) is 13.0 Å². The lowest BCUT2D eigenvalue weighted by molar-refractivity contribution is -0.143. The van der Waals surface area contributed by atoms with Crippen LogP contribution in [0.5, 0.6) is 0 Å². The van der Waals surface area contributed by atoms with Crippen molar-refractivity contribution in [3.63, 3.8) is 0 Å². The Morgan fingerprint density at radius 3 is 2.59 bits per heavy atom. The molecule has 1 heterocycles. The lowest BCUT2D eigenvalue weighted by Gasteiger charge is -2.45. The van der Waals surface area contributed by atoms with Crippen LogP contribution >= 0.6 is 9.24 Å². The predicted octanol–water partition coefficient (Wildman–Crippen LogP) is 3.84. The maximum atomic E-state index is 11.9. The van der Waals surface area contributed by atoms with Crippen molar-refractivity contribution in [2.24, 2.45) is 22.2 Å². The molecule has 8 nitrogen and oxygen atoms in total. The number of nitrogens with two attached hydrogens (primary N) is 2. The standard InChI is InChI=1S/C28H41N6O2P/c1-4-7-11-23(5-2)27(26(32-30)34(31)18-14-25(35)36-6-3)15-19-33(20-16-27)21-17-28(37,22-29)24-12-9-8-10-13-24/h4-5,7-13H,1,6,14-21,30-31,37H2,2-3H3/b11-7-,23-5+,32-26-. The van der Waals surface area contributed by atoms with E-state index in [2.05, 4.69) is 38.0 Å². The minimum Gasteiger partial charge on any atom is -0.466 e. The summed E-state index contributed by atoms with van der Waals surface area (Å²) in [5.74, 6) is 12.6. The van der Waals surface area contributed by atoms with Gasteiger partial charge in [0.1, 0.15) is 5.84 Å². The summed E-state index contributed by atoms with van der Waals surface area (Å²) in [4.78, 5) is 14.3. The van der Waals surface area contributed by atoms with Crippen molar-refractivity contribution in [1.82, 2.24) is 9.91 Å². The van der Waals surface area contributed by atoms with Crippen molar-refractivity contribution in [3.8, 4) is 6.07 Å². The highest BCUT2D eigenvalue weighted by atomic mass is 31.0. The second kappa shape index (κ2) is 14.7. The summed E-state index contributed by atoms with van der Waals surface area (Å²) >= 11 is 0. The number of amidine groups is 1. The average molecular weight is 525 g/mol. The Bertz CT molecular complexity index is 1020. The summed E-state index contributed by atoms with van der Waals surface area (Å²) in [6.07, 6.45) is 10.0. The molecule has 1 saturated heterocycles. The lowest BCUT2D eigenvalue weighted by atomic mass is 9.70. The second-order valence-corrected chi connectivity index (χ2v) is 10.1. The minimum atomic E-state index is -0.637. The van der Waals surface area contributed by atoms with Crippen molar-refractivity contribution in [3.05, 3.63) is 72.4 Å². The maximum absolute atomic E-state index is 11.9. The number of allylic oxidation sites excluding steroid dienone is 4. The normalized spacial score (nSPS) is 18.1. The van der Waals surface area contributed by atoms with Gasteiger partial charge in [-0.3, -0.25) is 9.80 Å². The topological polar surface area (TPSA) is 121 Å². The van der Waals surface area contributed by atoms with Gasteiger partial charge in [-0.2, -0.15) is 10.4 Å². The van der Waals surface area contributed by atoms with Gasteiger partial charge in [-0.1, -0.05) is 61.2 Å². The number of hydrazone groups is 1. The van der Waals surface area contributed by atoms with Gasteiger partial charge in [0.15, 0.2) is 0 Å². The number of carbonyl (C=O) groups is 1. The fourth-order valence-electron chi connectivity index (χ4n) is 4.86. The van der Waals surface area contributed by atoms with Crippen molar-refractivity contribution >= 4 is 21.0 Å². The highest BCUT2D eigenvalue weighted by molar-refractivity contribution is 7.19. The molecular weight excluding hydrogens is 483 g/mol. The van der Waals surface area contributed by atoms with Gasteiger partial charge in [-0.25, -0.2) is 5.84 Å². The van der Waals surface area contributed by atoms with E-state index in [1.165, 1.54) is 5.01 Å². The molecule has 2 unspecified atom stereocenters. The molecule has 1 aliphatic rings. The highest BCUT2D eigenvalue weighted by Crippen LogP contribution is 2.42. The summed E-state index contributed by atoms with van der Waals surface area (Å²) in [6.45, 7) is 10.5. The Balaban J connectivity index is 2.22. The van der Waals surface area contributed by atoms with E-state index in [1.807, 2.05) is 49.4 Å². The molecule has 0 amide bonds. The number of hydrogen-bond donors (Lipinski definition) is 2. The molecule has 0 spiro atoms. The van der Waals surface area contributed by atoms with Gasteiger partial charge in [0.05, 0.1) is 29.7 Å². The number of rotatable bonds is 12. The molecule has 0 bridgehead atoms. The quantitative estimate of drug-likeness (QED) is 0.0810. The van der Waals surface area contributed by atoms with Gasteiger partial charge >= 0.3 is 5.97 Å². The van der Waals surface area contributed by atoms with Crippen LogP contribution in [0, 0.1) is 16.7 Å². The Morgan fingerprint density at radius 1 is 1.38 bits per heavy atom. The summed E-state index contributed by atoms with van der Waals surface area (Å²) in [6, 6.07) is 12.4. The molecule has 9 heteroatoms. The first-order valence-corrected chi connectivity index (χ1v) is 13.3. The minimum absolute atomic E-state index is 0.142. The van der Waals surface area contributed by atoms with Gasteiger partial charge < -0.3 is 15.5 Å². The van der Waals surface area contributed by atoms with Gasteiger partial charge in [0, 0.05) is 13.1 Å².